The third kappa shape index (κ3) is 6.59. The van der Waals surface area contributed by atoms with Gasteiger partial charge >= 0.3 is 11.9 Å². The van der Waals surface area contributed by atoms with E-state index < -0.39 is 11.9 Å². The topological polar surface area (TPSA) is 80.3 Å². The maximum atomic E-state index is 12.8. The van der Waals surface area contributed by atoms with Crippen molar-refractivity contribution in [3.05, 3.63) is 90.0 Å². The highest BCUT2D eigenvalue weighted by molar-refractivity contribution is 5.94. The molecule has 7 nitrogen and oxygen atoms in total. The van der Waals surface area contributed by atoms with Gasteiger partial charge in [-0.1, -0.05) is 36.4 Å². The SMILES string of the molecule is O=C(OCC1CCCO1)c1cccc(OC(=O)c2ccccc2OCCOc2ccccc2)c1. The van der Waals surface area contributed by atoms with E-state index in [4.69, 9.17) is 23.7 Å². The van der Waals surface area contributed by atoms with Crippen molar-refractivity contribution >= 4 is 11.9 Å². The summed E-state index contributed by atoms with van der Waals surface area (Å²) in [5.41, 5.74) is 0.569. The lowest BCUT2D eigenvalue weighted by Gasteiger charge is -2.12. The normalized spacial score (nSPS) is 14.9. The Morgan fingerprint density at radius 2 is 1.59 bits per heavy atom. The van der Waals surface area contributed by atoms with E-state index in [0.717, 1.165) is 18.6 Å². The van der Waals surface area contributed by atoms with E-state index in [9.17, 15) is 9.59 Å². The average molecular weight is 462 g/mol. The van der Waals surface area contributed by atoms with Crippen molar-refractivity contribution in [1.29, 1.82) is 0 Å². The van der Waals surface area contributed by atoms with Gasteiger partial charge in [0.25, 0.3) is 0 Å². The molecule has 34 heavy (non-hydrogen) atoms. The van der Waals surface area contributed by atoms with Crippen LogP contribution in [0.1, 0.15) is 33.6 Å². The highest BCUT2D eigenvalue weighted by Gasteiger charge is 2.19. The van der Waals surface area contributed by atoms with Gasteiger partial charge in [-0.25, -0.2) is 9.59 Å². The molecule has 1 saturated heterocycles. The molecule has 0 N–H and O–H groups in total. The smallest absolute Gasteiger partial charge is 0.347 e. The molecule has 1 aliphatic heterocycles. The molecule has 0 radical (unpaired) electrons. The maximum absolute atomic E-state index is 12.8. The predicted octanol–water partition coefficient (Wildman–Crippen LogP) is 4.70. The largest absolute Gasteiger partial charge is 0.490 e. The van der Waals surface area contributed by atoms with Gasteiger partial charge in [0.1, 0.15) is 42.6 Å². The van der Waals surface area contributed by atoms with Crippen LogP contribution in [-0.4, -0.2) is 44.5 Å². The summed E-state index contributed by atoms with van der Waals surface area (Å²) in [7, 11) is 0. The Kier molecular flexibility index (Phi) is 8.13. The van der Waals surface area contributed by atoms with Crippen LogP contribution in [0.5, 0.6) is 17.2 Å². The Morgan fingerprint density at radius 3 is 2.41 bits per heavy atom. The first-order chi connectivity index (χ1) is 16.7. The summed E-state index contributed by atoms with van der Waals surface area (Å²) in [5.74, 6) is 0.281. The number of esters is 2. The molecule has 0 aliphatic carbocycles. The summed E-state index contributed by atoms with van der Waals surface area (Å²) in [5, 5.41) is 0. The summed E-state index contributed by atoms with van der Waals surface area (Å²) >= 11 is 0. The minimum Gasteiger partial charge on any atom is -0.490 e. The van der Waals surface area contributed by atoms with E-state index in [1.165, 1.54) is 6.07 Å². The second-order valence-corrected chi connectivity index (χ2v) is 7.66. The van der Waals surface area contributed by atoms with Gasteiger partial charge in [0.15, 0.2) is 0 Å². The van der Waals surface area contributed by atoms with Gasteiger partial charge in [-0.05, 0) is 55.3 Å². The quantitative estimate of drug-likeness (QED) is 0.245. The highest BCUT2D eigenvalue weighted by Crippen LogP contribution is 2.22. The Balaban J connectivity index is 1.32. The van der Waals surface area contributed by atoms with Gasteiger partial charge in [-0.15, -0.1) is 0 Å². The second-order valence-electron chi connectivity index (χ2n) is 7.66. The summed E-state index contributed by atoms with van der Waals surface area (Å²) in [6.45, 7) is 1.48. The first kappa shape index (κ1) is 23.3. The van der Waals surface area contributed by atoms with Crippen LogP contribution in [0.25, 0.3) is 0 Å². The molecule has 4 rings (SSSR count). The van der Waals surface area contributed by atoms with Crippen molar-refractivity contribution in [3.8, 4) is 17.2 Å². The molecule has 3 aromatic carbocycles. The molecule has 176 valence electrons. The number of carbonyl (C=O) groups is 2. The molecule has 0 aromatic heterocycles. The van der Waals surface area contributed by atoms with Crippen LogP contribution in [0.15, 0.2) is 78.9 Å². The van der Waals surface area contributed by atoms with Gasteiger partial charge in [-0.2, -0.15) is 0 Å². The van der Waals surface area contributed by atoms with Crippen LogP contribution < -0.4 is 14.2 Å². The molecule has 1 aliphatic rings. The van der Waals surface area contributed by atoms with Crippen molar-refractivity contribution in [1.82, 2.24) is 0 Å². The van der Waals surface area contributed by atoms with Crippen LogP contribution in [0, 0.1) is 0 Å². The molecule has 0 spiro atoms. The molecule has 0 amide bonds. The molecule has 1 heterocycles. The summed E-state index contributed by atoms with van der Waals surface area (Å²) < 4.78 is 27.7. The van der Waals surface area contributed by atoms with Crippen molar-refractivity contribution in [3.63, 3.8) is 0 Å². The average Bonchev–Trinajstić information content (AvgIpc) is 3.40. The number of hydrogen-bond acceptors (Lipinski definition) is 7. The Bertz CT molecular complexity index is 1090. The van der Waals surface area contributed by atoms with Gasteiger partial charge in [0.2, 0.25) is 0 Å². The fourth-order valence-corrected chi connectivity index (χ4v) is 3.47. The Hall–Kier alpha value is -3.84. The van der Waals surface area contributed by atoms with E-state index >= 15 is 0 Å². The predicted molar refractivity (Wildman–Crippen MR) is 125 cm³/mol. The zero-order valence-electron chi connectivity index (χ0n) is 18.7. The zero-order chi connectivity index (χ0) is 23.6. The Labute approximate surface area is 198 Å². The molecule has 0 bridgehead atoms. The second kappa shape index (κ2) is 11.9. The summed E-state index contributed by atoms with van der Waals surface area (Å²) in [4.78, 5) is 25.2. The number of rotatable bonds is 10. The van der Waals surface area contributed by atoms with Gasteiger partial charge in [0.05, 0.1) is 11.7 Å². The van der Waals surface area contributed by atoms with Crippen molar-refractivity contribution < 1.29 is 33.3 Å². The molecule has 7 heteroatoms. The third-order valence-corrected chi connectivity index (χ3v) is 5.16. The zero-order valence-corrected chi connectivity index (χ0v) is 18.7. The van der Waals surface area contributed by atoms with E-state index in [2.05, 4.69) is 0 Å². The lowest BCUT2D eigenvalue weighted by molar-refractivity contribution is 0.0161. The standard InChI is InChI=1S/C27H26O7/c28-26(33-19-23-12-7-15-30-23)20-8-6-11-22(18-20)34-27(29)24-13-4-5-14-25(24)32-17-16-31-21-9-2-1-3-10-21/h1-6,8-11,13-14,18,23H,7,12,15-17,19H2. The van der Waals surface area contributed by atoms with Crippen LogP contribution in [0.3, 0.4) is 0 Å². The van der Waals surface area contributed by atoms with Crippen molar-refractivity contribution in [2.45, 2.75) is 18.9 Å². The molecule has 1 unspecified atom stereocenters. The lowest BCUT2D eigenvalue weighted by atomic mass is 10.2. The minimum atomic E-state index is -0.593. The number of carbonyl (C=O) groups excluding carboxylic acids is 2. The van der Waals surface area contributed by atoms with Gasteiger partial charge in [0, 0.05) is 6.61 Å². The number of hydrogen-bond donors (Lipinski definition) is 0. The van der Waals surface area contributed by atoms with Crippen molar-refractivity contribution in [2.75, 3.05) is 26.4 Å². The van der Waals surface area contributed by atoms with Gasteiger partial charge in [-0.3, -0.25) is 0 Å². The van der Waals surface area contributed by atoms with E-state index in [-0.39, 0.29) is 30.6 Å². The first-order valence-electron chi connectivity index (χ1n) is 11.2. The fourth-order valence-electron chi connectivity index (χ4n) is 3.47. The van der Waals surface area contributed by atoms with E-state index in [0.29, 0.717) is 24.5 Å². The molecule has 3 aromatic rings. The van der Waals surface area contributed by atoms with Crippen molar-refractivity contribution in [2.24, 2.45) is 0 Å². The van der Waals surface area contributed by atoms with E-state index in [1.54, 1.807) is 42.5 Å². The Morgan fingerprint density at radius 1 is 0.824 bits per heavy atom. The third-order valence-electron chi connectivity index (χ3n) is 5.16. The number of benzene rings is 3. The minimum absolute atomic E-state index is 0.0560. The molecule has 0 saturated carbocycles. The molecular formula is C27H26O7. The lowest BCUT2D eigenvalue weighted by Crippen LogP contribution is -2.18. The van der Waals surface area contributed by atoms with Crippen LogP contribution in [0.2, 0.25) is 0 Å². The number of para-hydroxylation sites is 2. The van der Waals surface area contributed by atoms with Crippen LogP contribution in [0.4, 0.5) is 0 Å². The maximum Gasteiger partial charge on any atom is 0.347 e. The summed E-state index contributed by atoms with van der Waals surface area (Å²) in [6, 6.07) is 22.5. The monoisotopic (exact) mass is 462 g/mol. The first-order valence-corrected chi connectivity index (χ1v) is 11.2. The molecule has 1 atom stereocenters. The molecule has 1 fully saturated rings. The number of ether oxygens (including phenoxy) is 5. The highest BCUT2D eigenvalue weighted by atomic mass is 16.6. The van der Waals surface area contributed by atoms with E-state index in [1.807, 2.05) is 30.3 Å². The van der Waals surface area contributed by atoms with Gasteiger partial charge < -0.3 is 23.7 Å². The fraction of sp³-hybridized carbons (Fsp3) is 0.259. The molecular weight excluding hydrogens is 436 g/mol. The summed E-state index contributed by atoms with van der Waals surface area (Å²) in [6.07, 6.45) is 1.79. The van der Waals surface area contributed by atoms with Crippen LogP contribution in [-0.2, 0) is 9.47 Å². The van der Waals surface area contributed by atoms with Crippen LogP contribution >= 0.6 is 0 Å².